The van der Waals surface area contributed by atoms with Crippen molar-refractivity contribution in [3.05, 3.63) is 53.7 Å². The molecule has 1 aromatic carbocycles. The number of aromatic nitrogens is 1. The Hall–Kier alpha value is -2.87. The highest BCUT2D eigenvalue weighted by atomic mass is 16.2. The van der Waals surface area contributed by atoms with E-state index in [1.54, 1.807) is 36.5 Å². The van der Waals surface area contributed by atoms with Crippen LogP contribution in [0.15, 0.2) is 42.6 Å². The molecule has 0 spiro atoms. The lowest BCUT2D eigenvalue weighted by molar-refractivity contribution is 0.262. The SMILES string of the molecule is CC(C)(C)c1ccc(C#N)cc1NC(=O)Nc1ccccn1. The van der Waals surface area contributed by atoms with E-state index in [0.717, 1.165) is 5.56 Å². The van der Waals surface area contributed by atoms with Crippen LogP contribution < -0.4 is 10.6 Å². The fourth-order valence-corrected chi connectivity index (χ4v) is 2.08. The Morgan fingerprint density at radius 2 is 1.95 bits per heavy atom. The molecular weight excluding hydrogens is 276 g/mol. The second kappa shape index (κ2) is 6.27. The van der Waals surface area contributed by atoms with Crippen molar-refractivity contribution in [2.45, 2.75) is 26.2 Å². The van der Waals surface area contributed by atoms with E-state index in [1.807, 2.05) is 6.07 Å². The molecule has 112 valence electrons. The van der Waals surface area contributed by atoms with Gasteiger partial charge in [-0.05, 0) is 35.2 Å². The lowest BCUT2D eigenvalue weighted by Gasteiger charge is -2.23. The Labute approximate surface area is 130 Å². The average Bonchev–Trinajstić information content (AvgIpc) is 2.46. The van der Waals surface area contributed by atoms with E-state index in [-0.39, 0.29) is 11.4 Å². The molecule has 1 heterocycles. The van der Waals surface area contributed by atoms with Gasteiger partial charge in [0.15, 0.2) is 0 Å². The first-order valence-electron chi connectivity index (χ1n) is 6.94. The Bertz CT molecular complexity index is 712. The third-order valence-electron chi connectivity index (χ3n) is 3.11. The van der Waals surface area contributed by atoms with Gasteiger partial charge in [0.1, 0.15) is 5.82 Å². The van der Waals surface area contributed by atoms with Crippen LogP contribution in [-0.2, 0) is 5.41 Å². The number of amides is 2. The number of carbonyl (C=O) groups excluding carboxylic acids is 1. The molecule has 0 aliphatic rings. The summed E-state index contributed by atoms with van der Waals surface area (Å²) in [7, 11) is 0. The van der Waals surface area contributed by atoms with E-state index >= 15 is 0 Å². The number of nitrogens with one attached hydrogen (secondary N) is 2. The number of benzene rings is 1. The first-order chi connectivity index (χ1) is 10.4. The minimum Gasteiger partial charge on any atom is -0.307 e. The van der Waals surface area contributed by atoms with Crippen molar-refractivity contribution in [2.75, 3.05) is 10.6 Å². The standard InChI is InChI=1S/C17H18N4O/c1-17(2,3)13-8-7-12(11-18)10-14(13)20-16(22)21-15-6-4-5-9-19-15/h4-10H,1-3H3,(H2,19,20,21,22). The molecule has 0 aliphatic heterocycles. The quantitative estimate of drug-likeness (QED) is 0.881. The van der Waals surface area contributed by atoms with Crippen LogP contribution in [0.1, 0.15) is 31.9 Å². The second-order valence-electron chi connectivity index (χ2n) is 5.92. The Kier molecular flexibility index (Phi) is 4.42. The summed E-state index contributed by atoms with van der Waals surface area (Å²) < 4.78 is 0. The van der Waals surface area contributed by atoms with Crippen LogP contribution in [0.2, 0.25) is 0 Å². The van der Waals surface area contributed by atoms with Crippen molar-refractivity contribution < 1.29 is 4.79 Å². The van der Waals surface area contributed by atoms with Crippen molar-refractivity contribution in [2.24, 2.45) is 0 Å². The van der Waals surface area contributed by atoms with Gasteiger partial charge in [0, 0.05) is 11.9 Å². The molecule has 2 rings (SSSR count). The van der Waals surface area contributed by atoms with E-state index < -0.39 is 0 Å². The van der Waals surface area contributed by atoms with Gasteiger partial charge in [-0.3, -0.25) is 5.32 Å². The minimum atomic E-state index is -0.390. The average molecular weight is 294 g/mol. The zero-order valence-corrected chi connectivity index (χ0v) is 12.8. The molecule has 1 aromatic heterocycles. The summed E-state index contributed by atoms with van der Waals surface area (Å²) in [5.41, 5.74) is 1.94. The van der Waals surface area contributed by atoms with Gasteiger partial charge in [0.05, 0.1) is 11.6 Å². The van der Waals surface area contributed by atoms with Crippen molar-refractivity contribution in [1.29, 1.82) is 5.26 Å². The second-order valence-corrected chi connectivity index (χ2v) is 5.92. The zero-order chi connectivity index (χ0) is 16.2. The summed E-state index contributed by atoms with van der Waals surface area (Å²) in [6, 6.07) is 12.3. The van der Waals surface area contributed by atoms with E-state index in [4.69, 9.17) is 5.26 Å². The van der Waals surface area contributed by atoms with Crippen LogP contribution in [-0.4, -0.2) is 11.0 Å². The number of anilines is 2. The number of pyridine rings is 1. The number of nitrogens with zero attached hydrogens (tertiary/aromatic N) is 2. The molecule has 22 heavy (non-hydrogen) atoms. The van der Waals surface area contributed by atoms with Crippen LogP contribution >= 0.6 is 0 Å². The molecule has 0 saturated carbocycles. The molecular formula is C17H18N4O. The summed E-state index contributed by atoms with van der Waals surface area (Å²) in [4.78, 5) is 16.2. The molecule has 0 bridgehead atoms. The van der Waals surface area contributed by atoms with Crippen LogP contribution in [0.25, 0.3) is 0 Å². The van der Waals surface area contributed by atoms with Crippen molar-refractivity contribution in [1.82, 2.24) is 4.98 Å². The number of nitriles is 1. The van der Waals surface area contributed by atoms with E-state index in [2.05, 4.69) is 42.5 Å². The monoisotopic (exact) mass is 294 g/mol. The molecule has 5 nitrogen and oxygen atoms in total. The zero-order valence-electron chi connectivity index (χ0n) is 12.8. The molecule has 2 N–H and O–H groups in total. The third kappa shape index (κ3) is 3.83. The Morgan fingerprint density at radius 3 is 2.55 bits per heavy atom. The molecule has 0 fully saturated rings. The van der Waals surface area contributed by atoms with Crippen LogP contribution in [0, 0.1) is 11.3 Å². The van der Waals surface area contributed by atoms with Crippen molar-refractivity contribution >= 4 is 17.5 Å². The summed E-state index contributed by atoms with van der Waals surface area (Å²) in [6.45, 7) is 6.16. The molecule has 2 amide bonds. The lowest BCUT2D eigenvalue weighted by atomic mass is 9.85. The fraction of sp³-hybridized carbons (Fsp3) is 0.235. The maximum Gasteiger partial charge on any atom is 0.324 e. The summed E-state index contributed by atoms with van der Waals surface area (Å²) in [5, 5.41) is 14.5. The number of hydrogen-bond donors (Lipinski definition) is 2. The largest absolute Gasteiger partial charge is 0.324 e. The van der Waals surface area contributed by atoms with Crippen molar-refractivity contribution in [3.63, 3.8) is 0 Å². The third-order valence-corrected chi connectivity index (χ3v) is 3.11. The maximum atomic E-state index is 12.1. The van der Waals surface area contributed by atoms with Gasteiger partial charge in [-0.15, -0.1) is 0 Å². The van der Waals surface area contributed by atoms with E-state index in [0.29, 0.717) is 17.1 Å². The molecule has 2 aromatic rings. The highest BCUT2D eigenvalue weighted by molar-refractivity contribution is 5.99. The van der Waals surface area contributed by atoms with Gasteiger partial charge in [0.25, 0.3) is 0 Å². The molecule has 0 saturated heterocycles. The topological polar surface area (TPSA) is 77.8 Å². The molecule has 0 aliphatic carbocycles. The fourth-order valence-electron chi connectivity index (χ4n) is 2.08. The van der Waals surface area contributed by atoms with Gasteiger partial charge < -0.3 is 5.32 Å². The maximum absolute atomic E-state index is 12.1. The number of rotatable bonds is 2. The highest BCUT2D eigenvalue weighted by Gasteiger charge is 2.19. The molecule has 0 radical (unpaired) electrons. The Balaban J connectivity index is 2.24. The van der Waals surface area contributed by atoms with Crippen LogP contribution in [0.5, 0.6) is 0 Å². The Morgan fingerprint density at radius 1 is 1.18 bits per heavy atom. The first-order valence-corrected chi connectivity index (χ1v) is 6.94. The summed E-state index contributed by atoms with van der Waals surface area (Å²) >= 11 is 0. The van der Waals surface area contributed by atoms with Crippen molar-refractivity contribution in [3.8, 4) is 6.07 Å². The first kappa shape index (κ1) is 15.5. The van der Waals surface area contributed by atoms with Crippen LogP contribution in [0.3, 0.4) is 0 Å². The minimum absolute atomic E-state index is 0.151. The summed E-state index contributed by atoms with van der Waals surface area (Å²) in [5.74, 6) is 0.466. The van der Waals surface area contributed by atoms with Gasteiger partial charge in [-0.2, -0.15) is 5.26 Å². The number of carbonyl (C=O) groups is 1. The van der Waals surface area contributed by atoms with Crippen LogP contribution in [0.4, 0.5) is 16.3 Å². The summed E-state index contributed by atoms with van der Waals surface area (Å²) in [6.07, 6.45) is 1.60. The molecule has 0 atom stereocenters. The van der Waals surface area contributed by atoms with Gasteiger partial charge in [-0.25, -0.2) is 9.78 Å². The number of hydrogen-bond acceptors (Lipinski definition) is 3. The van der Waals surface area contributed by atoms with Gasteiger partial charge >= 0.3 is 6.03 Å². The predicted octanol–water partition coefficient (Wildman–Crippen LogP) is 3.89. The normalized spacial score (nSPS) is 10.6. The predicted molar refractivity (Wildman–Crippen MR) is 86.7 cm³/mol. The lowest BCUT2D eigenvalue weighted by Crippen LogP contribution is -2.23. The van der Waals surface area contributed by atoms with Gasteiger partial charge in [0.2, 0.25) is 0 Å². The van der Waals surface area contributed by atoms with E-state index in [9.17, 15) is 4.79 Å². The molecule has 0 unspecified atom stereocenters. The van der Waals surface area contributed by atoms with E-state index in [1.165, 1.54) is 0 Å². The smallest absolute Gasteiger partial charge is 0.307 e. The molecule has 5 heteroatoms. The highest BCUT2D eigenvalue weighted by Crippen LogP contribution is 2.30. The number of urea groups is 1. The van der Waals surface area contributed by atoms with Gasteiger partial charge in [-0.1, -0.05) is 32.9 Å².